The molecular formula is C17H16N4O. The summed E-state index contributed by atoms with van der Waals surface area (Å²) in [4.78, 5) is 16.0. The van der Waals surface area contributed by atoms with Crippen molar-refractivity contribution in [3.8, 4) is 6.07 Å². The van der Waals surface area contributed by atoms with Crippen molar-refractivity contribution in [2.45, 2.75) is 24.9 Å². The number of benzene rings is 1. The zero-order chi connectivity index (χ0) is 15.4. The Kier molecular flexibility index (Phi) is 4.01. The monoisotopic (exact) mass is 292 g/mol. The van der Waals surface area contributed by atoms with Crippen LogP contribution in [0.1, 0.15) is 29.3 Å². The Hall–Kier alpha value is -2.87. The molecule has 0 saturated heterocycles. The Labute approximate surface area is 129 Å². The van der Waals surface area contributed by atoms with Crippen LogP contribution in [0.5, 0.6) is 0 Å². The Morgan fingerprint density at radius 3 is 2.82 bits per heavy atom. The van der Waals surface area contributed by atoms with Gasteiger partial charge in [0.25, 0.3) is 0 Å². The van der Waals surface area contributed by atoms with Gasteiger partial charge in [-0.3, -0.25) is 0 Å². The molecule has 1 aromatic heterocycles. The van der Waals surface area contributed by atoms with Gasteiger partial charge in [-0.05, 0) is 24.1 Å². The van der Waals surface area contributed by atoms with Gasteiger partial charge in [0.2, 0.25) is 0 Å². The molecule has 1 aliphatic rings. The summed E-state index contributed by atoms with van der Waals surface area (Å²) >= 11 is 0. The molecule has 1 saturated carbocycles. The average molecular weight is 292 g/mol. The van der Waals surface area contributed by atoms with Crippen LogP contribution in [0.25, 0.3) is 0 Å². The van der Waals surface area contributed by atoms with Gasteiger partial charge in [0.15, 0.2) is 0 Å². The minimum Gasteiger partial charge on any atom is -0.335 e. The van der Waals surface area contributed by atoms with Crippen molar-refractivity contribution in [2.24, 2.45) is 0 Å². The quantitative estimate of drug-likeness (QED) is 0.907. The van der Waals surface area contributed by atoms with Crippen LogP contribution in [-0.2, 0) is 6.54 Å². The molecule has 1 aliphatic carbocycles. The lowest BCUT2D eigenvalue weighted by molar-refractivity contribution is 0.240. The van der Waals surface area contributed by atoms with E-state index < -0.39 is 0 Å². The number of carbonyl (C=O) groups is 1. The Morgan fingerprint density at radius 2 is 2.05 bits per heavy atom. The number of rotatable bonds is 4. The number of nitrogens with zero attached hydrogens (tertiary/aromatic N) is 2. The Morgan fingerprint density at radius 1 is 1.23 bits per heavy atom. The number of hydrogen-bond acceptors (Lipinski definition) is 3. The first kappa shape index (κ1) is 14.1. The minimum absolute atomic E-state index is 0.195. The maximum atomic E-state index is 11.9. The van der Waals surface area contributed by atoms with Crippen LogP contribution in [0.2, 0.25) is 0 Å². The molecule has 1 aromatic carbocycles. The van der Waals surface area contributed by atoms with E-state index >= 15 is 0 Å². The summed E-state index contributed by atoms with van der Waals surface area (Å²) in [5.74, 6) is 0.409. The lowest BCUT2D eigenvalue weighted by atomic mass is 10.1. The maximum absolute atomic E-state index is 11.9. The summed E-state index contributed by atoms with van der Waals surface area (Å²) in [6.45, 7) is 0.310. The molecule has 0 bridgehead atoms. The Balaban J connectivity index is 1.47. The van der Waals surface area contributed by atoms with Crippen LogP contribution in [0.15, 0.2) is 48.5 Å². The van der Waals surface area contributed by atoms with Crippen LogP contribution < -0.4 is 10.6 Å². The van der Waals surface area contributed by atoms with Gasteiger partial charge in [-0.15, -0.1) is 0 Å². The molecule has 0 aliphatic heterocycles. The van der Waals surface area contributed by atoms with Crippen LogP contribution in [0, 0.1) is 11.3 Å². The van der Waals surface area contributed by atoms with E-state index in [2.05, 4.69) is 27.8 Å². The molecule has 110 valence electrons. The lowest BCUT2D eigenvalue weighted by Crippen LogP contribution is -2.37. The number of nitriles is 1. The molecule has 5 heteroatoms. The second-order valence-electron chi connectivity index (χ2n) is 5.31. The standard InChI is InChI=1S/C17H16N4O/c18-10-13-7-4-8-14(20-13)11-19-17(22)21-16-9-15(16)12-5-2-1-3-6-12/h1-8,15-16H,9,11H2,(H2,19,21,22)/t15-,16+/m0/s1. The first-order valence-electron chi connectivity index (χ1n) is 7.21. The van der Waals surface area contributed by atoms with E-state index in [-0.39, 0.29) is 12.1 Å². The third kappa shape index (κ3) is 3.41. The van der Waals surface area contributed by atoms with E-state index in [9.17, 15) is 4.79 Å². The van der Waals surface area contributed by atoms with Gasteiger partial charge in [0.05, 0.1) is 12.2 Å². The zero-order valence-electron chi connectivity index (χ0n) is 12.0. The van der Waals surface area contributed by atoms with Gasteiger partial charge in [0.1, 0.15) is 11.8 Å². The van der Waals surface area contributed by atoms with Crippen molar-refractivity contribution in [2.75, 3.05) is 0 Å². The van der Waals surface area contributed by atoms with E-state index in [1.807, 2.05) is 24.3 Å². The highest BCUT2D eigenvalue weighted by Crippen LogP contribution is 2.40. The highest BCUT2D eigenvalue weighted by atomic mass is 16.2. The molecule has 0 unspecified atom stereocenters. The highest BCUT2D eigenvalue weighted by Gasteiger charge is 2.39. The predicted molar refractivity (Wildman–Crippen MR) is 81.9 cm³/mol. The molecule has 0 spiro atoms. The third-order valence-corrected chi connectivity index (χ3v) is 3.69. The molecule has 2 N–H and O–H groups in total. The van der Waals surface area contributed by atoms with E-state index in [0.29, 0.717) is 23.9 Å². The van der Waals surface area contributed by atoms with Crippen LogP contribution in [0.4, 0.5) is 4.79 Å². The fraction of sp³-hybridized carbons (Fsp3) is 0.235. The summed E-state index contributed by atoms with van der Waals surface area (Å²) in [6, 6.07) is 17.3. The number of aromatic nitrogens is 1. The molecule has 0 radical (unpaired) electrons. The number of pyridine rings is 1. The molecular weight excluding hydrogens is 276 g/mol. The summed E-state index contributed by atoms with van der Waals surface area (Å²) in [6.07, 6.45) is 0.972. The molecule has 5 nitrogen and oxygen atoms in total. The summed E-state index contributed by atoms with van der Waals surface area (Å²) in [7, 11) is 0. The largest absolute Gasteiger partial charge is 0.335 e. The van der Waals surface area contributed by atoms with Gasteiger partial charge in [-0.1, -0.05) is 36.4 Å². The van der Waals surface area contributed by atoms with Crippen LogP contribution in [0.3, 0.4) is 0 Å². The topological polar surface area (TPSA) is 77.8 Å². The van der Waals surface area contributed by atoms with Gasteiger partial charge < -0.3 is 10.6 Å². The minimum atomic E-state index is -0.201. The summed E-state index contributed by atoms with van der Waals surface area (Å²) < 4.78 is 0. The summed E-state index contributed by atoms with van der Waals surface area (Å²) in [5, 5.41) is 14.5. The fourth-order valence-electron chi connectivity index (χ4n) is 2.45. The van der Waals surface area contributed by atoms with Crippen molar-refractivity contribution in [3.05, 3.63) is 65.5 Å². The van der Waals surface area contributed by atoms with Crippen LogP contribution >= 0.6 is 0 Å². The van der Waals surface area contributed by atoms with Crippen molar-refractivity contribution < 1.29 is 4.79 Å². The smallest absolute Gasteiger partial charge is 0.315 e. The average Bonchev–Trinajstić information content (AvgIpc) is 3.33. The van der Waals surface area contributed by atoms with Gasteiger partial charge in [-0.25, -0.2) is 9.78 Å². The summed E-state index contributed by atoms with van der Waals surface area (Å²) in [5.41, 5.74) is 2.28. The molecule has 2 atom stereocenters. The second kappa shape index (κ2) is 6.27. The van der Waals surface area contributed by atoms with Crippen molar-refractivity contribution in [1.29, 1.82) is 5.26 Å². The number of urea groups is 1. The molecule has 22 heavy (non-hydrogen) atoms. The number of amides is 2. The van der Waals surface area contributed by atoms with E-state index in [0.717, 1.165) is 6.42 Å². The Bertz CT molecular complexity index is 708. The molecule has 2 aromatic rings. The molecule has 3 rings (SSSR count). The number of carbonyl (C=O) groups excluding carboxylic acids is 1. The number of nitrogens with one attached hydrogen (secondary N) is 2. The van der Waals surface area contributed by atoms with Gasteiger partial charge in [0, 0.05) is 12.0 Å². The SMILES string of the molecule is N#Cc1cccc(CNC(=O)N[C@@H]2C[C@H]2c2ccccc2)n1. The number of hydrogen-bond donors (Lipinski definition) is 2. The van der Waals surface area contributed by atoms with Crippen molar-refractivity contribution in [1.82, 2.24) is 15.6 Å². The van der Waals surface area contributed by atoms with Crippen molar-refractivity contribution >= 4 is 6.03 Å². The molecule has 1 fully saturated rings. The first-order chi connectivity index (χ1) is 10.8. The third-order valence-electron chi connectivity index (χ3n) is 3.69. The molecule has 2 amide bonds. The van der Waals surface area contributed by atoms with Crippen molar-refractivity contribution in [3.63, 3.8) is 0 Å². The second-order valence-corrected chi connectivity index (χ2v) is 5.31. The normalized spacial score (nSPS) is 19.0. The highest BCUT2D eigenvalue weighted by molar-refractivity contribution is 5.74. The predicted octanol–water partition coefficient (Wildman–Crippen LogP) is 2.31. The van der Waals surface area contributed by atoms with E-state index in [1.165, 1.54) is 5.56 Å². The lowest BCUT2D eigenvalue weighted by Gasteiger charge is -2.07. The fourth-order valence-corrected chi connectivity index (χ4v) is 2.45. The van der Waals surface area contributed by atoms with Gasteiger partial charge in [-0.2, -0.15) is 5.26 Å². The molecule has 1 heterocycles. The van der Waals surface area contributed by atoms with E-state index in [4.69, 9.17) is 5.26 Å². The van der Waals surface area contributed by atoms with E-state index in [1.54, 1.807) is 18.2 Å². The maximum Gasteiger partial charge on any atom is 0.315 e. The van der Waals surface area contributed by atoms with Crippen LogP contribution in [-0.4, -0.2) is 17.1 Å². The zero-order valence-corrected chi connectivity index (χ0v) is 12.0. The van der Waals surface area contributed by atoms with Gasteiger partial charge >= 0.3 is 6.03 Å². The first-order valence-corrected chi connectivity index (χ1v) is 7.21.